The molecule has 210 valence electrons. The SMILES string of the molecule is O=C1CCC(N2Cc3cc(O[C@@H]4CCCC[C@@H]4N4CC(C5CCN(C6CCC6)CC5)C4)ccc3C2=O)C(=O)N1. The van der Waals surface area contributed by atoms with Gasteiger partial charge in [0, 0.05) is 43.7 Å². The van der Waals surface area contributed by atoms with Gasteiger partial charge in [0.2, 0.25) is 11.8 Å². The van der Waals surface area contributed by atoms with Crippen LogP contribution in [0.3, 0.4) is 0 Å². The Morgan fingerprint density at radius 1 is 0.821 bits per heavy atom. The Kier molecular flexibility index (Phi) is 6.87. The second kappa shape index (κ2) is 10.5. The van der Waals surface area contributed by atoms with Crippen LogP contribution in [0.5, 0.6) is 5.75 Å². The molecule has 2 aliphatic carbocycles. The molecule has 4 heterocycles. The van der Waals surface area contributed by atoms with Crippen LogP contribution in [0.1, 0.15) is 86.6 Å². The van der Waals surface area contributed by atoms with Gasteiger partial charge in [-0.15, -0.1) is 0 Å². The Bertz CT molecular complexity index is 1120. The molecule has 0 radical (unpaired) electrons. The molecule has 8 nitrogen and oxygen atoms in total. The number of amides is 3. The number of imide groups is 1. The van der Waals surface area contributed by atoms with Crippen LogP contribution in [0.25, 0.3) is 0 Å². The molecule has 1 aromatic carbocycles. The molecule has 3 atom stereocenters. The molecule has 6 aliphatic rings. The third kappa shape index (κ3) is 4.88. The van der Waals surface area contributed by atoms with Crippen LogP contribution < -0.4 is 10.1 Å². The number of carbonyl (C=O) groups excluding carboxylic acids is 3. The molecule has 1 unspecified atom stereocenters. The topological polar surface area (TPSA) is 82.2 Å². The van der Waals surface area contributed by atoms with Crippen molar-refractivity contribution < 1.29 is 19.1 Å². The molecule has 4 aliphatic heterocycles. The number of fused-ring (bicyclic) bond motifs is 1. The second-order valence-electron chi connectivity index (χ2n) is 12.9. The molecule has 2 saturated carbocycles. The molecule has 8 heteroatoms. The highest BCUT2D eigenvalue weighted by molar-refractivity contribution is 6.05. The molecule has 5 fully saturated rings. The summed E-state index contributed by atoms with van der Waals surface area (Å²) in [6, 6.07) is 6.55. The van der Waals surface area contributed by atoms with E-state index in [9.17, 15) is 14.4 Å². The van der Waals surface area contributed by atoms with Crippen molar-refractivity contribution in [2.24, 2.45) is 11.8 Å². The van der Waals surface area contributed by atoms with Crippen LogP contribution in [0.15, 0.2) is 18.2 Å². The summed E-state index contributed by atoms with van der Waals surface area (Å²) in [4.78, 5) is 44.0. The third-order valence-corrected chi connectivity index (χ3v) is 10.7. The van der Waals surface area contributed by atoms with Gasteiger partial charge >= 0.3 is 0 Å². The van der Waals surface area contributed by atoms with Crippen molar-refractivity contribution in [3.63, 3.8) is 0 Å². The minimum atomic E-state index is -0.584. The standard InChI is InChI=1S/C31H42N4O4/c36-29-11-10-27(30(37)32-29)35-19-21-16-24(8-9-25(21)31(35)38)39-28-7-2-1-6-26(28)34-17-22(18-34)20-12-14-33(15-13-20)23-4-3-5-23/h8-9,16,20,22-23,26-28H,1-7,10-15,17-19H2,(H,32,36,37)/t26-,27?,28+/m0/s1. The number of rotatable bonds is 6. The number of benzene rings is 1. The largest absolute Gasteiger partial charge is 0.489 e. The predicted octanol–water partition coefficient (Wildman–Crippen LogP) is 3.33. The summed E-state index contributed by atoms with van der Waals surface area (Å²) in [5, 5.41) is 2.38. The summed E-state index contributed by atoms with van der Waals surface area (Å²) in [6.07, 6.45) is 12.6. The van der Waals surface area contributed by atoms with Gasteiger partial charge in [0.15, 0.2) is 0 Å². The lowest BCUT2D eigenvalue weighted by Crippen LogP contribution is -2.60. The monoisotopic (exact) mass is 534 g/mol. The minimum absolute atomic E-state index is 0.133. The Morgan fingerprint density at radius 3 is 2.36 bits per heavy atom. The number of hydrogen-bond acceptors (Lipinski definition) is 6. The number of ether oxygens (including phenoxy) is 1. The van der Waals surface area contributed by atoms with E-state index in [0.717, 1.165) is 35.6 Å². The first kappa shape index (κ1) is 25.5. The first-order chi connectivity index (χ1) is 19.0. The van der Waals surface area contributed by atoms with Gasteiger partial charge in [0.1, 0.15) is 17.9 Å². The summed E-state index contributed by atoms with van der Waals surface area (Å²) in [6.45, 7) is 5.45. The van der Waals surface area contributed by atoms with Crippen LogP contribution >= 0.6 is 0 Å². The molecule has 1 N–H and O–H groups in total. The zero-order valence-electron chi connectivity index (χ0n) is 23.0. The van der Waals surface area contributed by atoms with E-state index in [-0.39, 0.29) is 30.2 Å². The maximum Gasteiger partial charge on any atom is 0.255 e. The highest BCUT2D eigenvalue weighted by Crippen LogP contribution is 2.39. The summed E-state index contributed by atoms with van der Waals surface area (Å²) in [5.41, 5.74) is 1.55. The Hall–Kier alpha value is -2.45. The second-order valence-corrected chi connectivity index (χ2v) is 12.9. The van der Waals surface area contributed by atoms with Crippen LogP contribution in [0.4, 0.5) is 0 Å². The van der Waals surface area contributed by atoms with E-state index in [1.54, 1.807) is 4.90 Å². The fraction of sp³-hybridized carbons (Fsp3) is 0.710. The lowest BCUT2D eigenvalue weighted by atomic mass is 9.76. The summed E-state index contributed by atoms with van der Waals surface area (Å²) in [7, 11) is 0. The number of hydrogen-bond donors (Lipinski definition) is 1. The van der Waals surface area contributed by atoms with Crippen molar-refractivity contribution in [2.45, 2.75) is 101 Å². The maximum atomic E-state index is 13.1. The number of nitrogens with zero attached hydrogens (tertiary/aromatic N) is 3. The van der Waals surface area contributed by atoms with Crippen LogP contribution in [-0.2, 0) is 16.1 Å². The fourth-order valence-corrected chi connectivity index (χ4v) is 8.06. The molecule has 3 amide bonds. The normalized spacial score (nSPS) is 31.5. The average molecular weight is 535 g/mol. The smallest absolute Gasteiger partial charge is 0.255 e. The molecule has 0 bridgehead atoms. The van der Waals surface area contributed by atoms with E-state index >= 15 is 0 Å². The highest BCUT2D eigenvalue weighted by atomic mass is 16.5. The zero-order chi connectivity index (χ0) is 26.5. The van der Waals surface area contributed by atoms with E-state index in [4.69, 9.17) is 4.74 Å². The van der Waals surface area contributed by atoms with E-state index < -0.39 is 6.04 Å². The van der Waals surface area contributed by atoms with Gasteiger partial charge in [-0.2, -0.15) is 0 Å². The van der Waals surface area contributed by atoms with E-state index in [2.05, 4.69) is 15.1 Å². The highest BCUT2D eigenvalue weighted by Gasteiger charge is 2.43. The average Bonchev–Trinajstić information content (AvgIpc) is 3.19. The van der Waals surface area contributed by atoms with Gasteiger partial charge in [-0.1, -0.05) is 12.8 Å². The van der Waals surface area contributed by atoms with Gasteiger partial charge in [0.05, 0.1) is 0 Å². The number of nitrogens with one attached hydrogen (secondary N) is 1. The molecule has 39 heavy (non-hydrogen) atoms. The van der Waals surface area contributed by atoms with E-state index in [1.165, 1.54) is 77.5 Å². The van der Waals surface area contributed by atoms with Crippen LogP contribution in [0, 0.1) is 11.8 Å². The third-order valence-electron chi connectivity index (χ3n) is 10.7. The van der Waals surface area contributed by atoms with Gasteiger partial charge < -0.3 is 14.5 Å². The summed E-state index contributed by atoms with van der Waals surface area (Å²) < 4.78 is 6.64. The van der Waals surface area contributed by atoms with Gasteiger partial charge in [-0.25, -0.2) is 0 Å². The van der Waals surface area contributed by atoms with Crippen molar-refractivity contribution in [1.82, 2.24) is 20.0 Å². The Morgan fingerprint density at radius 2 is 1.62 bits per heavy atom. The fourth-order valence-electron chi connectivity index (χ4n) is 8.06. The van der Waals surface area contributed by atoms with Gasteiger partial charge in [-0.05, 0) is 100 Å². The summed E-state index contributed by atoms with van der Waals surface area (Å²) >= 11 is 0. The van der Waals surface area contributed by atoms with Crippen molar-refractivity contribution in [1.29, 1.82) is 0 Å². The molecular formula is C31H42N4O4. The Balaban J connectivity index is 0.951. The Labute approximate surface area is 231 Å². The quantitative estimate of drug-likeness (QED) is 0.564. The van der Waals surface area contributed by atoms with Crippen molar-refractivity contribution in [3.05, 3.63) is 29.3 Å². The number of carbonyl (C=O) groups is 3. The van der Waals surface area contributed by atoms with Crippen molar-refractivity contribution in [2.75, 3.05) is 26.2 Å². The lowest BCUT2D eigenvalue weighted by molar-refractivity contribution is -0.136. The van der Waals surface area contributed by atoms with Crippen molar-refractivity contribution in [3.8, 4) is 5.75 Å². The van der Waals surface area contributed by atoms with Crippen molar-refractivity contribution >= 4 is 17.7 Å². The predicted molar refractivity (Wildman–Crippen MR) is 146 cm³/mol. The van der Waals surface area contributed by atoms with E-state index in [1.807, 2.05) is 18.2 Å². The van der Waals surface area contributed by atoms with Gasteiger partial charge in [0.25, 0.3) is 5.91 Å². The van der Waals surface area contributed by atoms with Gasteiger partial charge in [-0.3, -0.25) is 24.6 Å². The molecule has 0 aromatic heterocycles. The van der Waals surface area contributed by atoms with Crippen LogP contribution in [-0.4, -0.2) is 82.8 Å². The minimum Gasteiger partial charge on any atom is -0.489 e. The molecule has 3 saturated heterocycles. The first-order valence-electron chi connectivity index (χ1n) is 15.5. The lowest BCUT2D eigenvalue weighted by Gasteiger charge is -2.52. The van der Waals surface area contributed by atoms with E-state index in [0.29, 0.717) is 24.6 Å². The maximum absolute atomic E-state index is 13.1. The first-order valence-corrected chi connectivity index (χ1v) is 15.5. The van der Waals surface area contributed by atoms with Crippen LogP contribution in [0.2, 0.25) is 0 Å². The molecular weight excluding hydrogens is 492 g/mol. The summed E-state index contributed by atoms with van der Waals surface area (Å²) in [5.74, 6) is 1.80. The number of likely N-dealkylation sites (tertiary alicyclic amines) is 2. The number of piperidine rings is 2. The molecule has 1 aromatic rings. The molecule has 7 rings (SSSR count). The molecule has 0 spiro atoms. The zero-order valence-corrected chi connectivity index (χ0v) is 23.0.